The molecule has 0 aromatic rings. The molecule has 1 aliphatic heterocycles. The third-order valence-electron chi connectivity index (χ3n) is 5.09. The first kappa shape index (κ1) is 18.5. The number of hydrogen-bond acceptors (Lipinski definition) is 3. The Morgan fingerprint density at radius 3 is 2.29 bits per heavy atom. The van der Waals surface area contributed by atoms with Gasteiger partial charge in [-0.1, -0.05) is 25.5 Å². The predicted molar refractivity (Wildman–Crippen MR) is 93.4 cm³/mol. The van der Waals surface area contributed by atoms with Gasteiger partial charge in [-0.15, -0.1) is 0 Å². The number of hydrogen-bond donors (Lipinski definition) is 1. The molecule has 24 heavy (non-hydrogen) atoms. The van der Waals surface area contributed by atoms with E-state index in [2.05, 4.69) is 20.8 Å². The maximum Gasteiger partial charge on any atom is 0.314 e. The number of nitrogens with two attached hydrogens (primary N) is 1. The van der Waals surface area contributed by atoms with Crippen LogP contribution in [0.2, 0.25) is 0 Å². The molecule has 1 aliphatic carbocycles. The molecule has 0 radical (unpaired) electrons. The van der Waals surface area contributed by atoms with Crippen LogP contribution < -0.4 is 5.73 Å². The van der Waals surface area contributed by atoms with Gasteiger partial charge >= 0.3 is 6.03 Å². The van der Waals surface area contributed by atoms with Crippen molar-refractivity contribution in [1.82, 2.24) is 9.80 Å². The predicted octanol–water partition coefficient (Wildman–Crippen LogP) is 1.92. The zero-order valence-corrected chi connectivity index (χ0v) is 15.2. The fraction of sp³-hybridized carbons (Fsp3) is 0.667. The van der Waals surface area contributed by atoms with Crippen LogP contribution in [0.3, 0.4) is 0 Å². The summed E-state index contributed by atoms with van der Waals surface area (Å²) < 4.78 is 5.52. The van der Waals surface area contributed by atoms with E-state index in [1.54, 1.807) is 23.0 Å². The average Bonchev–Trinajstić information content (AvgIpc) is 2.53. The summed E-state index contributed by atoms with van der Waals surface area (Å²) in [5.41, 5.74) is 7.76. The Bertz CT molecular complexity index is 558. The third-order valence-corrected chi connectivity index (χ3v) is 5.09. The standard InChI is InChI=1S/C18H29N3O3/c1-13-11-14(24-4)12-18(2,3)15(13)5-6-16(22)20-7-9-21(10-8-20)17(19)23/h5-6,14H,7-12H2,1-4H3,(H2,19,23)/b6-5+. The molecule has 2 rings (SSSR count). The number of nitrogens with zero attached hydrogens (tertiary/aromatic N) is 2. The minimum atomic E-state index is -0.421. The van der Waals surface area contributed by atoms with Gasteiger partial charge in [-0.25, -0.2) is 4.79 Å². The Morgan fingerprint density at radius 2 is 1.79 bits per heavy atom. The Kier molecular flexibility index (Phi) is 5.70. The van der Waals surface area contributed by atoms with Crippen LogP contribution in [-0.4, -0.2) is 61.1 Å². The van der Waals surface area contributed by atoms with Crippen molar-refractivity contribution in [2.45, 2.75) is 39.7 Å². The fourth-order valence-electron chi connectivity index (χ4n) is 3.72. The summed E-state index contributed by atoms with van der Waals surface area (Å²) in [5.74, 6) is -0.0101. The first-order chi connectivity index (χ1) is 11.2. The van der Waals surface area contributed by atoms with Crippen molar-refractivity contribution in [3.05, 3.63) is 23.3 Å². The summed E-state index contributed by atoms with van der Waals surface area (Å²) in [6.07, 6.45) is 5.73. The van der Waals surface area contributed by atoms with Crippen molar-refractivity contribution in [2.75, 3.05) is 33.3 Å². The number of primary amides is 1. The van der Waals surface area contributed by atoms with E-state index in [0.29, 0.717) is 26.2 Å². The maximum absolute atomic E-state index is 12.4. The van der Waals surface area contributed by atoms with Crippen LogP contribution in [0.4, 0.5) is 4.79 Å². The number of rotatable bonds is 3. The van der Waals surface area contributed by atoms with Gasteiger partial charge < -0.3 is 20.3 Å². The molecule has 1 atom stereocenters. The normalized spacial score (nSPS) is 24.6. The van der Waals surface area contributed by atoms with Gasteiger partial charge in [0.2, 0.25) is 5.91 Å². The van der Waals surface area contributed by atoms with Crippen LogP contribution in [0, 0.1) is 5.41 Å². The van der Waals surface area contributed by atoms with Gasteiger partial charge in [-0.2, -0.15) is 0 Å². The lowest BCUT2D eigenvalue weighted by Crippen LogP contribution is -2.51. The second-order valence-corrected chi connectivity index (χ2v) is 7.33. The quantitative estimate of drug-likeness (QED) is 0.801. The largest absolute Gasteiger partial charge is 0.381 e. The molecule has 1 fully saturated rings. The van der Waals surface area contributed by atoms with Gasteiger partial charge in [-0.3, -0.25) is 4.79 Å². The summed E-state index contributed by atoms with van der Waals surface area (Å²) >= 11 is 0. The average molecular weight is 335 g/mol. The number of piperazine rings is 1. The zero-order valence-electron chi connectivity index (χ0n) is 15.2. The summed E-state index contributed by atoms with van der Waals surface area (Å²) in [5, 5.41) is 0. The third kappa shape index (κ3) is 4.17. The van der Waals surface area contributed by atoms with Gasteiger partial charge in [0.05, 0.1) is 6.10 Å². The molecule has 2 N–H and O–H groups in total. The molecule has 6 heteroatoms. The summed E-state index contributed by atoms with van der Waals surface area (Å²) in [7, 11) is 1.75. The van der Waals surface area contributed by atoms with E-state index in [9.17, 15) is 9.59 Å². The number of urea groups is 1. The molecular formula is C18H29N3O3. The molecule has 0 aromatic heterocycles. The van der Waals surface area contributed by atoms with Gasteiger partial charge in [0.1, 0.15) is 0 Å². The van der Waals surface area contributed by atoms with E-state index in [0.717, 1.165) is 12.8 Å². The van der Waals surface area contributed by atoms with Gasteiger partial charge in [-0.05, 0) is 30.8 Å². The second kappa shape index (κ2) is 7.38. The molecule has 3 amide bonds. The molecule has 6 nitrogen and oxygen atoms in total. The first-order valence-electron chi connectivity index (χ1n) is 8.49. The van der Waals surface area contributed by atoms with E-state index < -0.39 is 6.03 Å². The molecule has 134 valence electrons. The fourth-order valence-corrected chi connectivity index (χ4v) is 3.72. The molecule has 0 saturated carbocycles. The highest BCUT2D eigenvalue weighted by molar-refractivity contribution is 5.88. The van der Waals surface area contributed by atoms with E-state index in [1.165, 1.54) is 11.1 Å². The number of carbonyl (C=O) groups is 2. The van der Waals surface area contributed by atoms with Crippen LogP contribution in [0.5, 0.6) is 0 Å². The lowest BCUT2D eigenvalue weighted by molar-refractivity contribution is -0.127. The second-order valence-electron chi connectivity index (χ2n) is 7.33. The van der Waals surface area contributed by atoms with Gasteiger partial charge in [0.15, 0.2) is 0 Å². The van der Waals surface area contributed by atoms with Crippen molar-refractivity contribution in [3.63, 3.8) is 0 Å². The summed E-state index contributed by atoms with van der Waals surface area (Å²) in [6, 6.07) is -0.421. The van der Waals surface area contributed by atoms with Crippen molar-refractivity contribution in [2.24, 2.45) is 11.1 Å². The SMILES string of the molecule is COC1CC(C)=C(/C=C/C(=O)N2CCN(C(N)=O)CC2)C(C)(C)C1. The van der Waals surface area contributed by atoms with Crippen molar-refractivity contribution in [1.29, 1.82) is 0 Å². The lowest BCUT2D eigenvalue weighted by atomic mass is 9.71. The van der Waals surface area contributed by atoms with Crippen molar-refractivity contribution < 1.29 is 14.3 Å². The minimum Gasteiger partial charge on any atom is -0.381 e. The molecule has 0 aromatic carbocycles. The number of methoxy groups -OCH3 is 1. The minimum absolute atomic E-state index is 0.00947. The van der Waals surface area contributed by atoms with E-state index in [4.69, 9.17) is 10.5 Å². The number of amides is 3. The number of carbonyl (C=O) groups excluding carboxylic acids is 2. The Balaban J connectivity index is 2.02. The molecule has 0 bridgehead atoms. The zero-order chi connectivity index (χ0) is 17.9. The molecular weight excluding hydrogens is 306 g/mol. The van der Waals surface area contributed by atoms with Crippen LogP contribution in [-0.2, 0) is 9.53 Å². The molecule has 1 saturated heterocycles. The van der Waals surface area contributed by atoms with Gasteiger partial charge in [0, 0.05) is 39.4 Å². The lowest BCUT2D eigenvalue weighted by Gasteiger charge is -2.37. The van der Waals surface area contributed by atoms with E-state index in [-0.39, 0.29) is 17.4 Å². The van der Waals surface area contributed by atoms with E-state index >= 15 is 0 Å². The van der Waals surface area contributed by atoms with Crippen LogP contribution in [0.1, 0.15) is 33.6 Å². The topological polar surface area (TPSA) is 75.9 Å². The van der Waals surface area contributed by atoms with Crippen molar-refractivity contribution in [3.8, 4) is 0 Å². The molecule has 2 aliphatic rings. The highest BCUT2D eigenvalue weighted by Gasteiger charge is 2.32. The number of allylic oxidation sites excluding steroid dienone is 2. The molecule has 0 spiro atoms. The summed E-state index contributed by atoms with van der Waals surface area (Å²) in [4.78, 5) is 26.9. The van der Waals surface area contributed by atoms with E-state index in [1.807, 2.05) is 6.08 Å². The van der Waals surface area contributed by atoms with Crippen LogP contribution in [0.15, 0.2) is 23.3 Å². The Morgan fingerprint density at radius 1 is 1.21 bits per heavy atom. The first-order valence-corrected chi connectivity index (χ1v) is 8.49. The van der Waals surface area contributed by atoms with Crippen molar-refractivity contribution >= 4 is 11.9 Å². The van der Waals surface area contributed by atoms with Gasteiger partial charge in [0.25, 0.3) is 0 Å². The Labute approximate surface area is 144 Å². The van der Waals surface area contributed by atoms with Crippen LogP contribution in [0.25, 0.3) is 0 Å². The smallest absolute Gasteiger partial charge is 0.314 e. The maximum atomic E-state index is 12.4. The molecule has 1 unspecified atom stereocenters. The highest BCUT2D eigenvalue weighted by Crippen LogP contribution is 2.41. The summed E-state index contributed by atoms with van der Waals surface area (Å²) in [6.45, 7) is 8.55. The van der Waals surface area contributed by atoms with Crippen LogP contribution >= 0.6 is 0 Å². The molecule has 1 heterocycles. The monoisotopic (exact) mass is 335 g/mol. The Hall–Kier alpha value is -1.82. The number of ether oxygens (including phenoxy) is 1. The highest BCUT2D eigenvalue weighted by atomic mass is 16.5.